The molecule has 0 N–H and O–H groups in total. The molecule has 2 aromatic carbocycles. The van der Waals surface area contributed by atoms with Crippen molar-refractivity contribution in [3.63, 3.8) is 0 Å². The maximum absolute atomic E-state index is 6.16. The molecule has 0 aliphatic rings. The zero-order chi connectivity index (χ0) is 16.4. The molecule has 0 saturated carbocycles. The highest BCUT2D eigenvalue weighted by molar-refractivity contribution is 9.10. The van der Waals surface area contributed by atoms with E-state index in [1.807, 2.05) is 60.7 Å². The van der Waals surface area contributed by atoms with Gasteiger partial charge in [-0.15, -0.1) is 10.2 Å². The van der Waals surface area contributed by atoms with E-state index in [-0.39, 0.29) is 0 Å². The van der Waals surface area contributed by atoms with Crippen LogP contribution >= 0.6 is 15.9 Å². The van der Waals surface area contributed by atoms with Crippen molar-refractivity contribution in [2.75, 3.05) is 0 Å². The Morgan fingerprint density at radius 1 is 0.958 bits per heavy atom. The summed E-state index contributed by atoms with van der Waals surface area (Å²) in [6.07, 6.45) is 1.28. The summed E-state index contributed by atoms with van der Waals surface area (Å²) in [7, 11) is 0. The van der Waals surface area contributed by atoms with E-state index in [0.717, 1.165) is 16.5 Å². The van der Waals surface area contributed by atoms with Crippen LogP contribution in [0.2, 0.25) is 0 Å². The molecular weight excluding hydrogens is 370 g/mol. The Morgan fingerprint density at radius 2 is 1.83 bits per heavy atom. The Hall–Kier alpha value is -2.73. The normalized spacial score (nSPS) is 12.2. The van der Waals surface area contributed by atoms with Gasteiger partial charge in [0.1, 0.15) is 5.75 Å². The monoisotopic (exact) mass is 381 g/mol. The van der Waals surface area contributed by atoms with E-state index in [9.17, 15) is 0 Å². The molecule has 0 spiro atoms. The van der Waals surface area contributed by atoms with E-state index in [1.165, 1.54) is 0 Å². The molecule has 6 heteroatoms. The van der Waals surface area contributed by atoms with Gasteiger partial charge in [-0.1, -0.05) is 36.4 Å². The van der Waals surface area contributed by atoms with Crippen LogP contribution in [0.3, 0.4) is 0 Å². The van der Waals surface area contributed by atoms with Crippen LogP contribution in [0.4, 0.5) is 0 Å². The van der Waals surface area contributed by atoms with Crippen molar-refractivity contribution in [2.45, 2.75) is 6.10 Å². The first-order chi connectivity index (χ1) is 11.8. The molecule has 0 amide bonds. The lowest BCUT2D eigenvalue weighted by atomic mass is 10.1. The van der Waals surface area contributed by atoms with Crippen molar-refractivity contribution >= 4 is 26.8 Å². The van der Waals surface area contributed by atoms with Crippen molar-refractivity contribution in [1.29, 1.82) is 0 Å². The van der Waals surface area contributed by atoms with Gasteiger partial charge in [0.05, 0.1) is 5.52 Å². The highest BCUT2D eigenvalue weighted by atomic mass is 79.9. The molecule has 4 rings (SSSR count). The Morgan fingerprint density at radius 3 is 2.62 bits per heavy atom. The van der Waals surface area contributed by atoms with Gasteiger partial charge in [0.2, 0.25) is 6.10 Å². The molecule has 0 radical (unpaired) electrons. The molecule has 0 aliphatic carbocycles. The van der Waals surface area contributed by atoms with E-state index in [2.05, 4.69) is 31.1 Å². The van der Waals surface area contributed by atoms with Gasteiger partial charge in [0, 0.05) is 33.1 Å². The highest BCUT2D eigenvalue weighted by Crippen LogP contribution is 2.30. The number of fused-ring (bicyclic) bond motifs is 1. The highest BCUT2D eigenvalue weighted by Gasteiger charge is 2.22. The van der Waals surface area contributed by atoms with Gasteiger partial charge < -0.3 is 9.15 Å². The number of halogens is 1. The quantitative estimate of drug-likeness (QED) is 0.518. The molecule has 2 aromatic heterocycles. The van der Waals surface area contributed by atoms with Crippen LogP contribution in [-0.2, 0) is 0 Å². The third kappa shape index (κ3) is 3.00. The van der Waals surface area contributed by atoms with Gasteiger partial charge in [0.25, 0.3) is 10.7 Å². The van der Waals surface area contributed by atoms with Gasteiger partial charge >= 0.3 is 0 Å². The molecule has 0 aliphatic heterocycles. The lowest BCUT2D eigenvalue weighted by Crippen LogP contribution is -2.10. The second-order valence-electron chi connectivity index (χ2n) is 5.16. The fraction of sp³-hybridized carbons (Fsp3) is 0.0556. The summed E-state index contributed by atoms with van der Waals surface area (Å²) in [5, 5.41) is 8.92. The van der Waals surface area contributed by atoms with Gasteiger partial charge in [-0.05, 0) is 24.3 Å². The van der Waals surface area contributed by atoms with Crippen molar-refractivity contribution in [2.24, 2.45) is 0 Å². The third-order valence-corrected chi connectivity index (χ3v) is 3.89. The fourth-order valence-corrected chi connectivity index (χ4v) is 2.72. The van der Waals surface area contributed by atoms with Crippen LogP contribution < -0.4 is 4.74 Å². The van der Waals surface area contributed by atoms with E-state index in [1.54, 1.807) is 6.20 Å². The number of nitrogens with zero attached hydrogens (tertiary/aromatic N) is 3. The fourth-order valence-electron chi connectivity index (χ4n) is 2.47. The van der Waals surface area contributed by atoms with Crippen LogP contribution in [0.15, 0.2) is 76.1 Å². The number of aromatic nitrogens is 3. The van der Waals surface area contributed by atoms with E-state index in [0.29, 0.717) is 16.4 Å². The largest absolute Gasteiger partial charge is 0.476 e. The van der Waals surface area contributed by atoms with Gasteiger partial charge in [0.15, 0.2) is 0 Å². The number of rotatable bonds is 4. The van der Waals surface area contributed by atoms with Crippen LogP contribution in [0.25, 0.3) is 10.9 Å². The van der Waals surface area contributed by atoms with E-state index < -0.39 is 6.10 Å². The predicted octanol–water partition coefficient (Wildman–Crippen LogP) is 4.55. The van der Waals surface area contributed by atoms with Gasteiger partial charge in [-0.25, -0.2) is 0 Å². The number of ether oxygens (including phenoxy) is 1. The third-order valence-electron chi connectivity index (χ3n) is 3.57. The summed E-state index contributed by atoms with van der Waals surface area (Å²) in [5.41, 5.74) is 1.85. The van der Waals surface area contributed by atoms with Crippen molar-refractivity contribution in [1.82, 2.24) is 15.2 Å². The van der Waals surface area contributed by atoms with Gasteiger partial charge in [-0.2, -0.15) is 0 Å². The first-order valence-corrected chi connectivity index (χ1v) is 8.14. The average molecular weight is 382 g/mol. The maximum atomic E-state index is 6.16. The lowest BCUT2D eigenvalue weighted by molar-refractivity contribution is 0.206. The molecular formula is C18H12BrN3O2. The second-order valence-corrected chi connectivity index (χ2v) is 5.84. The number of pyridine rings is 1. The molecule has 2 heterocycles. The van der Waals surface area contributed by atoms with Crippen LogP contribution in [-0.4, -0.2) is 15.2 Å². The number of hydrogen-bond acceptors (Lipinski definition) is 5. The number of benzene rings is 2. The minimum atomic E-state index is -0.487. The predicted molar refractivity (Wildman–Crippen MR) is 92.7 cm³/mol. The van der Waals surface area contributed by atoms with Crippen LogP contribution in [0, 0.1) is 0 Å². The summed E-state index contributed by atoms with van der Waals surface area (Å²) in [5.74, 6) is 1.10. The Balaban J connectivity index is 1.73. The average Bonchev–Trinajstić information content (AvgIpc) is 3.06. The number of hydrogen-bond donors (Lipinski definition) is 0. The molecule has 0 saturated heterocycles. The summed E-state index contributed by atoms with van der Waals surface area (Å²) in [4.78, 5) is 4.64. The lowest BCUT2D eigenvalue weighted by Gasteiger charge is -2.16. The summed E-state index contributed by atoms with van der Waals surface area (Å²) >= 11 is 3.19. The van der Waals surface area contributed by atoms with Gasteiger partial charge in [-0.3, -0.25) is 4.98 Å². The van der Waals surface area contributed by atoms with Crippen LogP contribution in [0.1, 0.15) is 17.6 Å². The topological polar surface area (TPSA) is 61.0 Å². The molecule has 1 atom stereocenters. The van der Waals surface area contributed by atoms with E-state index in [4.69, 9.17) is 9.15 Å². The molecule has 1 unspecified atom stereocenters. The minimum absolute atomic E-state index is 0.324. The summed E-state index contributed by atoms with van der Waals surface area (Å²) < 4.78 is 11.7. The maximum Gasteiger partial charge on any atom is 0.284 e. The summed E-state index contributed by atoms with van der Waals surface area (Å²) in [6, 6.07) is 19.4. The summed E-state index contributed by atoms with van der Waals surface area (Å²) in [6.45, 7) is 0. The SMILES string of the molecule is Brc1nnc(C(Oc2ccc3ncccc3c2)c2ccccc2)o1. The van der Waals surface area contributed by atoms with Crippen molar-refractivity contribution < 1.29 is 9.15 Å². The Labute approximate surface area is 146 Å². The molecule has 0 fully saturated rings. The van der Waals surface area contributed by atoms with E-state index >= 15 is 0 Å². The minimum Gasteiger partial charge on any atom is -0.476 e. The first-order valence-electron chi connectivity index (χ1n) is 7.35. The second kappa shape index (κ2) is 6.41. The standard InChI is InChI=1S/C18H12BrN3O2/c19-18-22-21-17(24-18)16(12-5-2-1-3-6-12)23-14-8-9-15-13(11-14)7-4-10-20-15/h1-11,16H. The molecule has 118 valence electrons. The molecule has 4 aromatic rings. The van der Waals surface area contributed by atoms with Crippen LogP contribution in [0.5, 0.6) is 5.75 Å². The Bertz CT molecular complexity index is 972. The molecule has 24 heavy (non-hydrogen) atoms. The Kier molecular flexibility index (Phi) is 3.96. The molecule has 0 bridgehead atoms. The smallest absolute Gasteiger partial charge is 0.284 e. The molecule has 5 nitrogen and oxygen atoms in total. The van der Waals surface area contributed by atoms with Crippen molar-refractivity contribution in [3.8, 4) is 5.75 Å². The zero-order valence-corrected chi connectivity index (χ0v) is 14.1. The van der Waals surface area contributed by atoms with Crippen molar-refractivity contribution in [3.05, 3.63) is 83.1 Å². The zero-order valence-electron chi connectivity index (χ0n) is 12.5. The first kappa shape index (κ1) is 14.8.